The van der Waals surface area contributed by atoms with Crippen LogP contribution in [0, 0.1) is 0 Å². The topological polar surface area (TPSA) is 72.2 Å². The van der Waals surface area contributed by atoms with Crippen LogP contribution in [0.15, 0.2) is 12.7 Å². The molecule has 0 radical (unpaired) electrons. The van der Waals surface area contributed by atoms with Gasteiger partial charge in [0, 0.05) is 6.26 Å². The van der Waals surface area contributed by atoms with Crippen LogP contribution in [0.1, 0.15) is 13.8 Å². The maximum absolute atomic E-state index is 11.3. The van der Waals surface area contributed by atoms with Gasteiger partial charge < -0.3 is 0 Å². The van der Waals surface area contributed by atoms with Crippen molar-refractivity contribution in [2.24, 2.45) is 5.84 Å². The molecular formula is C7H16N2O2S. The maximum Gasteiger partial charge on any atom is 0.154 e. The average Bonchev–Trinajstić information content (AvgIpc) is 1.87. The Morgan fingerprint density at radius 3 is 2.08 bits per heavy atom. The van der Waals surface area contributed by atoms with Gasteiger partial charge in [0.2, 0.25) is 0 Å². The van der Waals surface area contributed by atoms with E-state index < -0.39 is 20.6 Å². The summed E-state index contributed by atoms with van der Waals surface area (Å²) in [6.07, 6.45) is 2.67. The van der Waals surface area contributed by atoms with Gasteiger partial charge in [-0.1, -0.05) is 6.08 Å². The lowest BCUT2D eigenvalue weighted by Crippen LogP contribution is -2.52. The van der Waals surface area contributed by atoms with Crippen LogP contribution >= 0.6 is 0 Å². The Bertz CT molecular complexity index is 257. The molecule has 5 heteroatoms. The van der Waals surface area contributed by atoms with Crippen LogP contribution in [0.3, 0.4) is 0 Å². The van der Waals surface area contributed by atoms with Crippen molar-refractivity contribution in [1.29, 1.82) is 0 Å². The molecule has 72 valence electrons. The molecule has 0 fully saturated rings. The summed E-state index contributed by atoms with van der Waals surface area (Å²) in [6.45, 7) is 6.72. The van der Waals surface area contributed by atoms with Crippen LogP contribution in [0.5, 0.6) is 0 Å². The van der Waals surface area contributed by atoms with E-state index in [-0.39, 0.29) is 0 Å². The van der Waals surface area contributed by atoms with E-state index in [2.05, 4.69) is 12.0 Å². The van der Waals surface area contributed by atoms with Crippen LogP contribution in [-0.4, -0.2) is 25.5 Å². The molecule has 12 heavy (non-hydrogen) atoms. The van der Waals surface area contributed by atoms with Gasteiger partial charge in [0.1, 0.15) is 0 Å². The minimum absolute atomic E-state index is 0.438. The van der Waals surface area contributed by atoms with Gasteiger partial charge in [-0.15, -0.1) is 6.58 Å². The molecule has 0 spiro atoms. The highest BCUT2D eigenvalue weighted by Gasteiger charge is 2.36. The molecule has 1 atom stereocenters. The molecule has 1 unspecified atom stereocenters. The quantitative estimate of drug-likeness (QED) is 0.368. The third kappa shape index (κ3) is 2.06. The average molecular weight is 192 g/mol. The summed E-state index contributed by atoms with van der Waals surface area (Å²) in [7, 11) is -3.14. The molecule has 0 amide bonds. The highest BCUT2D eigenvalue weighted by atomic mass is 32.2. The van der Waals surface area contributed by atoms with Gasteiger partial charge in [-0.2, -0.15) is 0 Å². The van der Waals surface area contributed by atoms with Gasteiger partial charge >= 0.3 is 0 Å². The zero-order valence-electron chi connectivity index (χ0n) is 7.66. The second-order valence-electron chi connectivity index (χ2n) is 3.26. The fraction of sp³-hybridized carbons (Fsp3) is 0.714. The molecule has 0 aromatic carbocycles. The van der Waals surface area contributed by atoms with Crippen molar-refractivity contribution in [3.63, 3.8) is 0 Å². The Kier molecular flexibility index (Phi) is 3.44. The first-order chi connectivity index (χ1) is 5.27. The first kappa shape index (κ1) is 11.6. The summed E-state index contributed by atoms with van der Waals surface area (Å²) >= 11 is 0. The van der Waals surface area contributed by atoms with E-state index in [0.29, 0.717) is 0 Å². The molecule has 0 aromatic rings. The Hall–Kier alpha value is -0.390. The zero-order valence-corrected chi connectivity index (χ0v) is 8.48. The van der Waals surface area contributed by atoms with Crippen molar-refractivity contribution in [3.8, 4) is 0 Å². The summed E-state index contributed by atoms with van der Waals surface area (Å²) in [4.78, 5) is 0. The summed E-state index contributed by atoms with van der Waals surface area (Å²) in [5, 5.41) is 0. The number of hydrogen-bond acceptors (Lipinski definition) is 4. The molecule has 4 nitrogen and oxygen atoms in total. The first-order valence-electron chi connectivity index (χ1n) is 3.55. The molecule has 3 N–H and O–H groups in total. The number of nitrogens with two attached hydrogens (primary N) is 1. The van der Waals surface area contributed by atoms with Crippen molar-refractivity contribution in [2.75, 3.05) is 6.26 Å². The lowest BCUT2D eigenvalue weighted by atomic mass is 10.0. The third-order valence-corrected chi connectivity index (χ3v) is 4.29. The fourth-order valence-electron chi connectivity index (χ4n) is 0.783. The van der Waals surface area contributed by atoms with E-state index in [0.717, 1.165) is 0 Å². The minimum atomic E-state index is -3.14. The third-order valence-electron chi connectivity index (χ3n) is 2.12. The van der Waals surface area contributed by atoms with Gasteiger partial charge in [0.05, 0.1) is 10.8 Å². The molecule has 0 rings (SSSR count). The summed E-state index contributed by atoms with van der Waals surface area (Å²) in [6, 6.07) is -0.438. The van der Waals surface area contributed by atoms with Crippen LogP contribution < -0.4 is 11.3 Å². The Morgan fingerprint density at radius 1 is 1.58 bits per heavy atom. The molecule has 0 aliphatic heterocycles. The predicted molar refractivity (Wildman–Crippen MR) is 50.2 cm³/mol. The Balaban J connectivity index is 4.95. The van der Waals surface area contributed by atoms with Gasteiger partial charge in [-0.05, 0) is 13.8 Å². The van der Waals surface area contributed by atoms with E-state index in [1.165, 1.54) is 12.3 Å². The second-order valence-corrected chi connectivity index (χ2v) is 5.85. The van der Waals surface area contributed by atoms with Crippen molar-refractivity contribution >= 4 is 9.84 Å². The van der Waals surface area contributed by atoms with Crippen molar-refractivity contribution in [2.45, 2.75) is 24.6 Å². The van der Waals surface area contributed by atoms with E-state index >= 15 is 0 Å². The summed E-state index contributed by atoms with van der Waals surface area (Å²) in [5.41, 5.74) is 2.40. The molecule has 0 bridgehead atoms. The van der Waals surface area contributed by atoms with Crippen molar-refractivity contribution in [1.82, 2.24) is 5.43 Å². The smallest absolute Gasteiger partial charge is 0.154 e. The van der Waals surface area contributed by atoms with Crippen molar-refractivity contribution in [3.05, 3.63) is 12.7 Å². The lowest BCUT2D eigenvalue weighted by Gasteiger charge is -2.29. The molecule has 0 aliphatic carbocycles. The van der Waals surface area contributed by atoms with E-state index in [1.54, 1.807) is 13.8 Å². The van der Waals surface area contributed by atoms with Gasteiger partial charge in [-0.3, -0.25) is 11.3 Å². The van der Waals surface area contributed by atoms with Crippen LogP contribution in [0.25, 0.3) is 0 Å². The normalized spacial score (nSPS) is 15.7. The SMILES string of the molecule is C=CC(NN)C(C)(C)S(C)(=O)=O. The molecule has 0 aromatic heterocycles. The lowest BCUT2D eigenvalue weighted by molar-refractivity contribution is 0.472. The van der Waals surface area contributed by atoms with Gasteiger partial charge in [0.25, 0.3) is 0 Å². The van der Waals surface area contributed by atoms with Crippen LogP contribution in [-0.2, 0) is 9.84 Å². The zero-order chi connectivity index (χ0) is 9.99. The van der Waals surface area contributed by atoms with E-state index in [4.69, 9.17) is 5.84 Å². The van der Waals surface area contributed by atoms with Crippen LogP contribution in [0.2, 0.25) is 0 Å². The van der Waals surface area contributed by atoms with E-state index in [9.17, 15) is 8.42 Å². The van der Waals surface area contributed by atoms with Gasteiger partial charge in [-0.25, -0.2) is 8.42 Å². The molecular weight excluding hydrogens is 176 g/mol. The number of hydrogen-bond donors (Lipinski definition) is 2. The molecule has 0 aliphatic rings. The highest BCUT2D eigenvalue weighted by molar-refractivity contribution is 7.92. The Labute approximate surface area is 73.7 Å². The number of rotatable bonds is 4. The maximum atomic E-state index is 11.3. The largest absolute Gasteiger partial charge is 0.271 e. The first-order valence-corrected chi connectivity index (χ1v) is 5.44. The molecule has 0 saturated carbocycles. The van der Waals surface area contributed by atoms with Crippen molar-refractivity contribution < 1.29 is 8.42 Å². The molecule has 0 heterocycles. The monoisotopic (exact) mass is 192 g/mol. The number of sulfone groups is 1. The highest BCUT2D eigenvalue weighted by Crippen LogP contribution is 2.19. The summed E-state index contributed by atoms with van der Waals surface area (Å²) in [5.74, 6) is 5.18. The molecule has 0 saturated heterocycles. The summed E-state index contributed by atoms with van der Waals surface area (Å²) < 4.78 is 21.6. The fourth-order valence-corrected chi connectivity index (χ4v) is 1.41. The predicted octanol–water partition coefficient (Wildman–Crippen LogP) is -0.172. The number of hydrazine groups is 1. The second kappa shape index (κ2) is 3.55. The Morgan fingerprint density at radius 2 is 2.00 bits per heavy atom. The van der Waals surface area contributed by atoms with Crippen LogP contribution in [0.4, 0.5) is 0 Å². The number of nitrogens with one attached hydrogen (secondary N) is 1. The van der Waals surface area contributed by atoms with E-state index in [1.807, 2.05) is 0 Å². The minimum Gasteiger partial charge on any atom is -0.271 e. The standard InChI is InChI=1S/C7H16N2O2S/c1-5-6(9-8)7(2,3)12(4,10)11/h5-6,9H,1,8H2,2-4H3. The van der Waals surface area contributed by atoms with Gasteiger partial charge in [0.15, 0.2) is 9.84 Å².